The van der Waals surface area contributed by atoms with E-state index in [1.165, 1.54) is 88.4 Å². The lowest BCUT2D eigenvalue weighted by atomic mass is 9.67. The summed E-state index contributed by atoms with van der Waals surface area (Å²) in [6.07, 6.45) is 0. The van der Waals surface area contributed by atoms with E-state index in [2.05, 4.69) is 203 Å². The van der Waals surface area contributed by atoms with E-state index >= 15 is 0 Å². The van der Waals surface area contributed by atoms with Crippen LogP contribution in [0.3, 0.4) is 0 Å². The molecule has 0 spiro atoms. The molecule has 0 radical (unpaired) electrons. The molecule has 0 amide bonds. The molecule has 2 nitrogen and oxygen atoms in total. The molecule has 238 valence electrons. The van der Waals surface area contributed by atoms with Crippen LogP contribution < -0.4 is 0 Å². The van der Waals surface area contributed by atoms with Gasteiger partial charge in [-0.1, -0.05) is 133 Å². The van der Waals surface area contributed by atoms with Gasteiger partial charge in [0.2, 0.25) is 0 Å². The molecular weight excluding hydrogens is 617 g/mol. The SMILES string of the molecule is c1ccc(-n2c3ccccc3c3cc(C4(c5ccc6c(c5)c5ccccc5n6-c5ccccc5)c5ccccc5-c5ccccc54)ccc32)cc1. The molecule has 0 N–H and O–H groups in total. The summed E-state index contributed by atoms with van der Waals surface area (Å²) in [5.41, 5.74) is 14.5. The van der Waals surface area contributed by atoms with Crippen LogP contribution in [0.25, 0.3) is 66.1 Å². The molecule has 0 fully saturated rings. The van der Waals surface area contributed by atoms with Crippen molar-refractivity contribution in [3.05, 3.63) is 216 Å². The van der Waals surface area contributed by atoms with Gasteiger partial charge in [0.1, 0.15) is 0 Å². The minimum Gasteiger partial charge on any atom is -0.309 e. The molecule has 51 heavy (non-hydrogen) atoms. The van der Waals surface area contributed by atoms with Crippen molar-refractivity contribution in [2.24, 2.45) is 0 Å². The highest BCUT2D eigenvalue weighted by Gasteiger charge is 2.46. The fourth-order valence-electron chi connectivity index (χ4n) is 9.15. The number of rotatable bonds is 4. The summed E-state index contributed by atoms with van der Waals surface area (Å²) in [5, 5.41) is 5.04. The zero-order valence-electron chi connectivity index (χ0n) is 27.9. The van der Waals surface area contributed by atoms with Gasteiger partial charge in [-0.15, -0.1) is 0 Å². The Balaban J connectivity index is 1.26. The molecule has 2 heterocycles. The Morgan fingerprint density at radius 2 is 0.667 bits per heavy atom. The Morgan fingerprint density at radius 3 is 1.14 bits per heavy atom. The number of benzene rings is 8. The lowest BCUT2D eigenvalue weighted by Crippen LogP contribution is -2.28. The van der Waals surface area contributed by atoms with Crippen molar-refractivity contribution in [2.75, 3.05) is 0 Å². The first-order chi connectivity index (χ1) is 25.3. The molecule has 0 bridgehead atoms. The first kappa shape index (κ1) is 28.2. The van der Waals surface area contributed by atoms with Crippen LogP contribution in [0.4, 0.5) is 0 Å². The van der Waals surface area contributed by atoms with Crippen LogP contribution in [0.2, 0.25) is 0 Å². The van der Waals surface area contributed by atoms with Gasteiger partial charge < -0.3 is 9.13 Å². The van der Waals surface area contributed by atoms with Gasteiger partial charge >= 0.3 is 0 Å². The molecule has 2 heteroatoms. The number of aromatic nitrogens is 2. The van der Waals surface area contributed by atoms with Crippen LogP contribution in [-0.2, 0) is 5.41 Å². The van der Waals surface area contributed by atoms with Crippen LogP contribution in [-0.4, -0.2) is 9.13 Å². The fraction of sp³-hybridized carbons (Fsp3) is 0.0204. The van der Waals surface area contributed by atoms with Crippen LogP contribution in [0.1, 0.15) is 22.3 Å². The summed E-state index contributed by atoms with van der Waals surface area (Å²) >= 11 is 0. The molecule has 1 aliphatic carbocycles. The highest BCUT2D eigenvalue weighted by atomic mass is 15.0. The van der Waals surface area contributed by atoms with Crippen molar-refractivity contribution in [1.82, 2.24) is 9.13 Å². The normalized spacial score (nSPS) is 13.3. The average molecular weight is 649 g/mol. The van der Waals surface area contributed by atoms with Gasteiger partial charge in [0, 0.05) is 32.9 Å². The third kappa shape index (κ3) is 3.82. The minimum absolute atomic E-state index is 0.526. The molecule has 2 aromatic heterocycles. The number of hydrogen-bond acceptors (Lipinski definition) is 0. The minimum atomic E-state index is -0.526. The van der Waals surface area contributed by atoms with Gasteiger partial charge in [-0.25, -0.2) is 0 Å². The summed E-state index contributed by atoms with van der Waals surface area (Å²) in [5.74, 6) is 0. The maximum absolute atomic E-state index is 2.48. The van der Waals surface area contributed by atoms with Crippen LogP contribution in [0.5, 0.6) is 0 Å². The third-order valence-corrected chi connectivity index (χ3v) is 11.2. The van der Waals surface area contributed by atoms with Gasteiger partial charge in [-0.05, 0) is 94.0 Å². The van der Waals surface area contributed by atoms with E-state index in [-0.39, 0.29) is 0 Å². The van der Waals surface area contributed by atoms with Crippen molar-refractivity contribution >= 4 is 43.6 Å². The molecule has 1 aliphatic rings. The second-order valence-electron chi connectivity index (χ2n) is 13.7. The van der Waals surface area contributed by atoms with E-state index in [1.807, 2.05) is 0 Å². The largest absolute Gasteiger partial charge is 0.309 e. The second kappa shape index (κ2) is 10.7. The third-order valence-electron chi connectivity index (χ3n) is 11.2. The molecule has 0 saturated heterocycles. The van der Waals surface area contributed by atoms with E-state index in [0.29, 0.717) is 0 Å². The maximum atomic E-state index is 2.48. The number of nitrogens with zero attached hydrogens (tertiary/aromatic N) is 2. The molecule has 8 aromatic carbocycles. The summed E-state index contributed by atoms with van der Waals surface area (Å²) in [4.78, 5) is 0. The zero-order chi connectivity index (χ0) is 33.5. The molecule has 0 unspecified atom stereocenters. The van der Waals surface area contributed by atoms with Gasteiger partial charge in [-0.3, -0.25) is 0 Å². The Labute approximate surface area is 296 Å². The van der Waals surface area contributed by atoms with E-state index in [4.69, 9.17) is 0 Å². The van der Waals surface area contributed by atoms with E-state index in [9.17, 15) is 0 Å². The molecule has 0 saturated carbocycles. The van der Waals surface area contributed by atoms with Crippen molar-refractivity contribution in [1.29, 1.82) is 0 Å². The Bertz CT molecular complexity index is 2760. The summed E-state index contributed by atoms with van der Waals surface area (Å²) in [6.45, 7) is 0. The highest BCUT2D eigenvalue weighted by Crippen LogP contribution is 2.57. The van der Waals surface area contributed by atoms with Crippen LogP contribution >= 0.6 is 0 Å². The van der Waals surface area contributed by atoms with Gasteiger partial charge in [-0.2, -0.15) is 0 Å². The standard InChI is InChI=1S/C49H32N2/c1-3-15-35(16-4-1)50-45-25-13-9-21-39(45)41-31-33(27-29-47(41)50)49(43-23-11-7-19-37(43)38-20-8-12-24-44(38)49)34-28-30-48-42(32-34)40-22-10-14-26-46(40)51(48)36-17-5-2-6-18-36/h1-32H. The van der Waals surface area contributed by atoms with Crippen molar-refractivity contribution in [3.63, 3.8) is 0 Å². The van der Waals surface area contributed by atoms with Crippen molar-refractivity contribution in [2.45, 2.75) is 5.41 Å². The average Bonchev–Trinajstić information content (AvgIpc) is 3.82. The number of fused-ring (bicyclic) bond motifs is 9. The van der Waals surface area contributed by atoms with Crippen LogP contribution in [0.15, 0.2) is 194 Å². The predicted octanol–water partition coefficient (Wildman–Crippen LogP) is 12.2. The van der Waals surface area contributed by atoms with Crippen molar-refractivity contribution in [3.8, 4) is 22.5 Å². The van der Waals surface area contributed by atoms with Crippen LogP contribution in [0, 0.1) is 0 Å². The fourth-order valence-corrected chi connectivity index (χ4v) is 9.15. The molecule has 10 aromatic rings. The quantitative estimate of drug-likeness (QED) is 0.180. The Morgan fingerprint density at radius 1 is 0.294 bits per heavy atom. The predicted molar refractivity (Wildman–Crippen MR) is 212 cm³/mol. The van der Waals surface area contributed by atoms with E-state index in [0.717, 1.165) is 0 Å². The maximum Gasteiger partial charge on any atom is 0.0714 e. The van der Waals surface area contributed by atoms with E-state index < -0.39 is 5.41 Å². The number of hydrogen-bond donors (Lipinski definition) is 0. The monoisotopic (exact) mass is 648 g/mol. The summed E-state index contributed by atoms with van der Waals surface area (Å²) in [6, 6.07) is 71.6. The number of para-hydroxylation sites is 4. The van der Waals surface area contributed by atoms with Gasteiger partial charge in [0.15, 0.2) is 0 Å². The van der Waals surface area contributed by atoms with Crippen molar-refractivity contribution < 1.29 is 0 Å². The first-order valence-corrected chi connectivity index (χ1v) is 17.7. The lowest BCUT2D eigenvalue weighted by molar-refractivity contribution is 0.771. The summed E-state index contributed by atoms with van der Waals surface area (Å²) in [7, 11) is 0. The summed E-state index contributed by atoms with van der Waals surface area (Å²) < 4.78 is 4.81. The smallest absolute Gasteiger partial charge is 0.0714 e. The van der Waals surface area contributed by atoms with Gasteiger partial charge in [0.05, 0.1) is 27.5 Å². The topological polar surface area (TPSA) is 9.86 Å². The molecule has 0 aliphatic heterocycles. The zero-order valence-corrected chi connectivity index (χ0v) is 27.9. The molecular formula is C49H32N2. The Hall–Kier alpha value is -6.64. The van der Waals surface area contributed by atoms with E-state index in [1.54, 1.807) is 0 Å². The molecule has 0 atom stereocenters. The molecule has 11 rings (SSSR count). The second-order valence-corrected chi connectivity index (χ2v) is 13.7. The Kier molecular flexibility index (Phi) is 5.91. The first-order valence-electron chi connectivity index (χ1n) is 17.7. The van der Waals surface area contributed by atoms with Gasteiger partial charge in [0.25, 0.3) is 0 Å². The highest BCUT2D eigenvalue weighted by molar-refractivity contribution is 6.11. The lowest BCUT2D eigenvalue weighted by Gasteiger charge is -2.34.